The fourth-order valence-corrected chi connectivity index (χ4v) is 3.14. The highest BCUT2D eigenvalue weighted by Crippen LogP contribution is 2.21. The zero-order chi connectivity index (χ0) is 14.6. The van der Waals surface area contributed by atoms with Crippen LogP contribution in [0.25, 0.3) is 0 Å². The van der Waals surface area contributed by atoms with Gasteiger partial charge in [0.25, 0.3) is 0 Å². The van der Waals surface area contributed by atoms with Crippen molar-refractivity contribution in [1.29, 1.82) is 0 Å². The average molecular weight is 280 g/mol. The van der Waals surface area contributed by atoms with Crippen LogP contribution in [0.2, 0.25) is 0 Å². The van der Waals surface area contributed by atoms with Gasteiger partial charge in [0.2, 0.25) is 0 Å². The summed E-state index contributed by atoms with van der Waals surface area (Å²) in [7, 11) is 0. The molecule has 0 amide bonds. The zero-order valence-corrected chi connectivity index (χ0v) is 13.2. The van der Waals surface area contributed by atoms with E-state index in [-0.39, 0.29) is 6.42 Å². The number of hydrogen-bond donors (Lipinski definition) is 1. The van der Waals surface area contributed by atoms with Gasteiger partial charge in [-0.1, -0.05) is 76.4 Å². The summed E-state index contributed by atoms with van der Waals surface area (Å²) in [6.07, 6.45) is 17.9. The van der Waals surface area contributed by atoms with E-state index in [1.165, 1.54) is 64.2 Å². The molecule has 0 unspecified atom stereocenters. The molecule has 0 bridgehead atoms. The molecular weight excluding hydrogens is 248 g/mol. The highest BCUT2D eigenvalue weighted by molar-refractivity contribution is 5.69. The Hall–Kier alpha value is -0.790. The van der Waals surface area contributed by atoms with Gasteiger partial charge < -0.3 is 5.11 Å². The first-order valence-electron chi connectivity index (χ1n) is 8.60. The van der Waals surface area contributed by atoms with Crippen LogP contribution in [0.15, 0.2) is 11.6 Å². The van der Waals surface area contributed by atoms with Gasteiger partial charge in [0.1, 0.15) is 0 Å². The van der Waals surface area contributed by atoms with Gasteiger partial charge in [-0.2, -0.15) is 0 Å². The number of carboxylic acids is 1. The molecule has 0 aliphatic heterocycles. The third kappa shape index (κ3) is 9.17. The molecule has 0 spiro atoms. The summed E-state index contributed by atoms with van der Waals surface area (Å²) >= 11 is 0. The normalized spacial score (nSPS) is 26.9. The molecule has 1 aliphatic carbocycles. The Balaban J connectivity index is 2.49. The monoisotopic (exact) mass is 280 g/mol. The van der Waals surface area contributed by atoms with Crippen LogP contribution in [0.4, 0.5) is 0 Å². The molecule has 1 N–H and O–H groups in total. The van der Waals surface area contributed by atoms with Crippen molar-refractivity contribution >= 4 is 5.97 Å². The molecule has 2 heteroatoms. The lowest BCUT2D eigenvalue weighted by atomic mass is 9.96. The first-order chi connectivity index (χ1) is 9.68. The number of carbonyl (C=O) groups is 1. The summed E-state index contributed by atoms with van der Waals surface area (Å²) in [5.41, 5.74) is 1.15. The standard InChI is InChI=1S/C18H32O2/c1-16-12-10-8-6-4-2-3-5-7-9-11-13-17(14-16)15-18(19)20/h14,16H,2-13,15H2,1H3,(H,19,20)/b17-14-/t16-/m1/s1. The van der Waals surface area contributed by atoms with Crippen LogP contribution in [-0.2, 0) is 4.79 Å². The minimum Gasteiger partial charge on any atom is -0.481 e. The Morgan fingerprint density at radius 3 is 2.05 bits per heavy atom. The van der Waals surface area contributed by atoms with Gasteiger partial charge in [0, 0.05) is 0 Å². The van der Waals surface area contributed by atoms with E-state index in [0.717, 1.165) is 18.4 Å². The van der Waals surface area contributed by atoms with Crippen LogP contribution in [0.3, 0.4) is 0 Å². The van der Waals surface area contributed by atoms with E-state index in [0.29, 0.717) is 5.92 Å². The van der Waals surface area contributed by atoms with Crippen LogP contribution in [-0.4, -0.2) is 11.1 Å². The lowest BCUT2D eigenvalue weighted by Crippen LogP contribution is -2.01. The number of rotatable bonds is 2. The maximum absolute atomic E-state index is 11.0. The summed E-state index contributed by atoms with van der Waals surface area (Å²) in [4.78, 5) is 11.0. The Morgan fingerprint density at radius 1 is 1.00 bits per heavy atom. The highest BCUT2D eigenvalue weighted by atomic mass is 16.4. The number of allylic oxidation sites excluding steroid dienone is 1. The molecule has 1 aliphatic rings. The van der Waals surface area contributed by atoms with Crippen molar-refractivity contribution in [3.63, 3.8) is 0 Å². The summed E-state index contributed by atoms with van der Waals surface area (Å²) in [5, 5.41) is 9.02. The van der Waals surface area contributed by atoms with Gasteiger partial charge in [-0.3, -0.25) is 4.79 Å². The van der Waals surface area contributed by atoms with Crippen LogP contribution >= 0.6 is 0 Å². The maximum atomic E-state index is 11.0. The van der Waals surface area contributed by atoms with E-state index in [2.05, 4.69) is 13.0 Å². The van der Waals surface area contributed by atoms with Crippen molar-refractivity contribution in [2.75, 3.05) is 0 Å². The van der Waals surface area contributed by atoms with Crippen LogP contribution in [0, 0.1) is 5.92 Å². The third-order valence-corrected chi connectivity index (χ3v) is 4.31. The molecule has 0 heterocycles. The molecule has 20 heavy (non-hydrogen) atoms. The van der Waals surface area contributed by atoms with Crippen molar-refractivity contribution in [2.24, 2.45) is 5.92 Å². The molecular formula is C18H32O2. The smallest absolute Gasteiger partial charge is 0.307 e. The Morgan fingerprint density at radius 2 is 1.50 bits per heavy atom. The van der Waals surface area contributed by atoms with Crippen molar-refractivity contribution < 1.29 is 9.90 Å². The van der Waals surface area contributed by atoms with Gasteiger partial charge >= 0.3 is 5.97 Å². The Bertz CT molecular complexity index is 294. The molecule has 0 aromatic heterocycles. The predicted molar refractivity (Wildman–Crippen MR) is 84.9 cm³/mol. The molecule has 0 fully saturated rings. The topological polar surface area (TPSA) is 37.3 Å². The first-order valence-corrected chi connectivity index (χ1v) is 8.60. The van der Waals surface area contributed by atoms with Crippen molar-refractivity contribution in [1.82, 2.24) is 0 Å². The van der Waals surface area contributed by atoms with Crippen LogP contribution < -0.4 is 0 Å². The molecule has 0 aromatic rings. The quantitative estimate of drug-likeness (QED) is 0.657. The second kappa shape index (κ2) is 10.9. The average Bonchev–Trinajstić information content (AvgIpc) is 2.39. The van der Waals surface area contributed by atoms with Crippen LogP contribution in [0.1, 0.15) is 90.4 Å². The minimum atomic E-state index is -0.679. The molecule has 2 nitrogen and oxygen atoms in total. The number of hydrogen-bond acceptors (Lipinski definition) is 1. The fourth-order valence-electron chi connectivity index (χ4n) is 3.14. The summed E-state index contributed by atoms with van der Waals surface area (Å²) < 4.78 is 0. The molecule has 1 rings (SSSR count). The third-order valence-electron chi connectivity index (χ3n) is 4.31. The van der Waals surface area contributed by atoms with Crippen LogP contribution in [0.5, 0.6) is 0 Å². The van der Waals surface area contributed by atoms with E-state index >= 15 is 0 Å². The Labute approximate surface area is 124 Å². The van der Waals surface area contributed by atoms with Gasteiger partial charge in [-0.25, -0.2) is 0 Å². The zero-order valence-electron chi connectivity index (χ0n) is 13.2. The van der Waals surface area contributed by atoms with E-state index < -0.39 is 5.97 Å². The van der Waals surface area contributed by atoms with E-state index in [1.807, 2.05) is 0 Å². The highest BCUT2D eigenvalue weighted by Gasteiger charge is 2.07. The van der Waals surface area contributed by atoms with Gasteiger partial charge in [-0.15, -0.1) is 0 Å². The SMILES string of the molecule is C[C@H]1/C=C(\CC(=O)O)CCCCCCCCCCCC1. The second-order valence-corrected chi connectivity index (χ2v) is 6.45. The fraction of sp³-hybridized carbons (Fsp3) is 0.833. The summed E-state index contributed by atoms with van der Waals surface area (Å²) in [5.74, 6) is -0.143. The molecule has 0 radical (unpaired) electrons. The lowest BCUT2D eigenvalue weighted by Gasteiger charge is -2.10. The van der Waals surface area contributed by atoms with E-state index in [4.69, 9.17) is 5.11 Å². The summed E-state index contributed by atoms with van der Waals surface area (Å²) in [6.45, 7) is 2.24. The van der Waals surface area contributed by atoms with Crippen molar-refractivity contribution in [3.05, 3.63) is 11.6 Å². The van der Waals surface area contributed by atoms with Crippen molar-refractivity contribution in [2.45, 2.75) is 90.4 Å². The molecule has 1 atom stereocenters. The molecule has 0 saturated heterocycles. The maximum Gasteiger partial charge on any atom is 0.307 e. The first kappa shape index (κ1) is 17.3. The predicted octanol–water partition coefficient (Wildman–Crippen LogP) is 5.72. The largest absolute Gasteiger partial charge is 0.481 e. The van der Waals surface area contributed by atoms with Gasteiger partial charge in [0.05, 0.1) is 6.42 Å². The molecule has 116 valence electrons. The van der Waals surface area contributed by atoms with E-state index in [9.17, 15) is 4.79 Å². The van der Waals surface area contributed by atoms with Crippen molar-refractivity contribution in [3.8, 4) is 0 Å². The van der Waals surface area contributed by atoms with Gasteiger partial charge in [-0.05, 0) is 25.2 Å². The number of carboxylic acid groups (broad SMARTS) is 1. The lowest BCUT2D eigenvalue weighted by molar-refractivity contribution is -0.136. The second-order valence-electron chi connectivity index (χ2n) is 6.45. The minimum absolute atomic E-state index is 0.240. The van der Waals surface area contributed by atoms with E-state index in [1.54, 1.807) is 0 Å². The molecule has 0 saturated carbocycles. The summed E-state index contributed by atoms with van der Waals surface area (Å²) in [6, 6.07) is 0. The molecule has 0 aromatic carbocycles. The Kier molecular flexibility index (Phi) is 9.44. The number of aliphatic carboxylic acids is 1. The van der Waals surface area contributed by atoms with Gasteiger partial charge in [0.15, 0.2) is 0 Å².